The molecule has 1 saturated heterocycles. The summed E-state index contributed by atoms with van der Waals surface area (Å²) in [7, 11) is 0. The Balaban J connectivity index is 1.51. The number of benzene rings is 4. The zero-order valence-electron chi connectivity index (χ0n) is 18.6. The normalized spacial score (nSPS) is 19.9. The number of rotatable bonds is 2. The highest BCUT2D eigenvalue weighted by molar-refractivity contribution is 5.66. The molecule has 1 fully saturated rings. The summed E-state index contributed by atoms with van der Waals surface area (Å²) >= 11 is 0. The van der Waals surface area contributed by atoms with E-state index in [4.69, 9.17) is 0 Å². The minimum absolute atomic E-state index is 0.0324. The highest BCUT2D eigenvalue weighted by atomic mass is 15.9. The first-order valence-corrected chi connectivity index (χ1v) is 11.7. The Morgan fingerprint density at radius 3 is 1.24 bits per heavy atom. The predicted molar refractivity (Wildman–Crippen MR) is 138 cm³/mol. The summed E-state index contributed by atoms with van der Waals surface area (Å²) in [4.78, 5) is 0. The number of hydrogen-bond acceptors (Lipinski definition) is 4. The third-order valence-corrected chi connectivity index (χ3v) is 6.87. The van der Waals surface area contributed by atoms with Gasteiger partial charge in [-0.05, 0) is 47.5 Å². The average Bonchev–Trinajstić information content (AvgIpc) is 2.92. The van der Waals surface area contributed by atoms with Crippen molar-refractivity contribution in [1.29, 1.82) is 0 Å². The fourth-order valence-corrected chi connectivity index (χ4v) is 5.39. The number of para-hydroxylation sites is 2. The Hall–Kier alpha value is -4.44. The fourth-order valence-electron chi connectivity index (χ4n) is 5.39. The first-order chi connectivity index (χ1) is 16.9. The molecule has 0 spiro atoms. The maximum absolute atomic E-state index is 2.43. The lowest BCUT2D eigenvalue weighted by Gasteiger charge is -2.61. The average molecular weight is 441 g/mol. The molecule has 0 aliphatic carbocycles. The van der Waals surface area contributed by atoms with Crippen LogP contribution in [0.15, 0.2) is 122 Å². The second-order valence-electron chi connectivity index (χ2n) is 8.76. The van der Waals surface area contributed by atoms with Crippen molar-refractivity contribution in [3.8, 4) is 0 Å². The van der Waals surface area contributed by atoms with E-state index in [9.17, 15) is 0 Å². The van der Waals surface area contributed by atoms with Gasteiger partial charge in [-0.1, -0.05) is 84.9 Å². The second kappa shape index (κ2) is 7.56. The lowest BCUT2D eigenvalue weighted by Crippen LogP contribution is -2.65. The molecule has 3 aliphatic rings. The van der Waals surface area contributed by atoms with E-state index in [1.807, 2.05) is 0 Å². The van der Waals surface area contributed by atoms with Crippen LogP contribution >= 0.6 is 0 Å². The van der Waals surface area contributed by atoms with E-state index in [1.165, 1.54) is 22.3 Å². The molecule has 2 atom stereocenters. The minimum Gasteiger partial charge on any atom is -0.261 e. The summed E-state index contributed by atoms with van der Waals surface area (Å²) in [5.74, 6) is 0. The van der Waals surface area contributed by atoms with Crippen molar-refractivity contribution < 1.29 is 0 Å². The molecule has 164 valence electrons. The molecular weight excluding hydrogens is 416 g/mol. The largest absolute Gasteiger partial charge is 0.261 e. The Kier molecular flexibility index (Phi) is 4.24. The van der Waals surface area contributed by atoms with E-state index in [0.29, 0.717) is 0 Å². The fraction of sp³-hybridized carbons (Fsp3) is 0.0667. The van der Waals surface area contributed by atoms with Gasteiger partial charge >= 0.3 is 0 Å². The number of nitrogens with zero attached hydrogens (tertiary/aromatic N) is 4. The van der Waals surface area contributed by atoms with Crippen molar-refractivity contribution >= 4 is 23.5 Å². The van der Waals surface area contributed by atoms with Gasteiger partial charge in [-0.25, -0.2) is 0 Å². The van der Waals surface area contributed by atoms with Crippen LogP contribution in [0.1, 0.15) is 34.6 Å². The highest BCUT2D eigenvalue weighted by Crippen LogP contribution is 2.50. The van der Waals surface area contributed by atoms with Gasteiger partial charge in [-0.15, -0.1) is 0 Å². The molecule has 4 aromatic rings. The Morgan fingerprint density at radius 1 is 0.412 bits per heavy atom. The first kappa shape index (κ1) is 19.1. The highest BCUT2D eigenvalue weighted by Gasteiger charge is 2.47. The summed E-state index contributed by atoms with van der Waals surface area (Å²) in [5.41, 5.74) is 7.37. The van der Waals surface area contributed by atoms with Gasteiger partial charge in [0.05, 0.1) is 11.4 Å². The van der Waals surface area contributed by atoms with Crippen LogP contribution < -0.4 is 10.0 Å². The first-order valence-electron chi connectivity index (χ1n) is 11.7. The quantitative estimate of drug-likeness (QED) is 0.339. The molecule has 0 saturated carbocycles. The number of fused-ring (bicyclic) bond motifs is 6. The van der Waals surface area contributed by atoms with Gasteiger partial charge in [-0.3, -0.25) is 20.0 Å². The molecule has 4 heteroatoms. The van der Waals surface area contributed by atoms with Gasteiger partial charge in [-0.2, -0.15) is 0 Å². The maximum Gasteiger partial charge on any atom is 0.166 e. The molecule has 0 amide bonds. The molecule has 3 heterocycles. The smallest absolute Gasteiger partial charge is 0.166 e. The van der Waals surface area contributed by atoms with Crippen LogP contribution in [0, 0.1) is 0 Å². The predicted octanol–water partition coefficient (Wildman–Crippen LogP) is 6.81. The van der Waals surface area contributed by atoms with E-state index in [2.05, 4.69) is 154 Å². The summed E-state index contributed by atoms with van der Waals surface area (Å²) in [6, 6.07) is 38.8. The van der Waals surface area contributed by atoms with Crippen molar-refractivity contribution in [1.82, 2.24) is 10.0 Å². The Labute approximate surface area is 199 Å². The molecular formula is C30H24N4. The van der Waals surface area contributed by atoms with Crippen molar-refractivity contribution in [3.63, 3.8) is 0 Å². The van der Waals surface area contributed by atoms with Crippen LogP contribution in [-0.4, -0.2) is 10.0 Å². The molecule has 4 aromatic carbocycles. The third-order valence-electron chi connectivity index (χ3n) is 6.87. The van der Waals surface area contributed by atoms with Gasteiger partial charge in [0.15, 0.2) is 12.3 Å². The summed E-state index contributed by atoms with van der Waals surface area (Å²) in [6.45, 7) is 0. The van der Waals surface area contributed by atoms with Gasteiger partial charge in [0.2, 0.25) is 0 Å². The molecule has 0 radical (unpaired) electrons. The minimum atomic E-state index is -0.0324. The Bertz CT molecular complexity index is 1290. The van der Waals surface area contributed by atoms with Crippen molar-refractivity contribution in [2.75, 3.05) is 10.0 Å². The van der Waals surface area contributed by atoms with E-state index >= 15 is 0 Å². The monoisotopic (exact) mass is 440 g/mol. The van der Waals surface area contributed by atoms with E-state index in [0.717, 1.165) is 11.4 Å². The molecule has 2 unspecified atom stereocenters. The molecule has 34 heavy (non-hydrogen) atoms. The lowest BCUT2D eigenvalue weighted by molar-refractivity contribution is 0.0465. The molecule has 4 nitrogen and oxygen atoms in total. The molecule has 0 bridgehead atoms. The topological polar surface area (TPSA) is 13.0 Å². The molecule has 3 aliphatic heterocycles. The van der Waals surface area contributed by atoms with Crippen LogP contribution in [0.2, 0.25) is 0 Å². The van der Waals surface area contributed by atoms with Crippen LogP contribution in [0.4, 0.5) is 11.4 Å². The summed E-state index contributed by atoms with van der Waals surface area (Å²) < 4.78 is 0. The van der Waals surface area contributed by atoms with Crippen LogP contribution in [0.3, 0.4) is 0 Å². The molecule has 0 N–H and O–H groups in total. The van der Waals surface area contributed by atoms with Gasteiger partial charge < -0.3 is 0 Å². The van der Waals surface area contributed by atoms with Crippen molar-refractivity contribution in [3.05, 3.63) is 144 Å². The van der Waals surface area contributed by atoms with Crippen LogP contribution in [0.5, 0.6) is 0 Å². The number of anilines is 2. The third kappa shape index (κ3) is 2.78. The Morgan fingerprint density at radius 2 is 0.794 bits per heavy atom. The van der Waals surface area contributed by atoms with Crippen molar-refractivity contribution in [2.45, 2.75) is 12.3 Å². The van der Waals surface area contributed by atoms with Gasteiger partial charge in [0, 0.05) is 23.5 Å². The van der Waals surface area contributed by atoms with Gasteiger partial charge in [0.1, 0.15) is 0 Å². The SMILES string of the molecule is C1=CN2C(c3ccccc31)N(c1ccccc1)N1C=Cc3ccccc3C1N2c1ccccc1. The second-order valence-corrected chi connectivity index (χ2v) is 8.76. The zero-order valence-corrected chi connectivity index (χ0v) is 18.6. The zero-order chi connectivity index (χ0) is 22.5. The van der Waals surface area contributed by atoms with Crippen LogP contribution in [0.25, 0.3) is 12.2 Å². The van der Waals surface area contributed by atoms with E-state index in [1.54, 1.807) is 0 Å². The van der Waals surface area contributed by atoms with E-state index in [-0.39, 0.29) is 12.3 Å². The summed E-state index contributed by atoms with van der Waals surface area (Å²) in [5, 5.41) is 9.64. The molecule has 0 aromatic heterocycles. The van der Waals surface area contributed by atoms with Gasteiger partial charge in [0.25, 0.3) is 0 Å². The summed E-state index contributed by atoms with van der Waals surface area (Å²) in [6.07, 6.45) is 8.85. The van der Waals surface area contributed by atoms with Crippen molar-refractivity contribution in [2.24, 2.45) is 0 Å². The van der Waals surface area contributed by atoms with Crippen LogP contribution in [-0.2, 0) is 0 Å². The standard InChI is InChI=1S/C30H24N4/c1-3-13-25(14-4-1)33-29-27-17-9-7-11-23(27)20-22-32(29)34(26-15-5-2-6-16-26)30-28-18-10-8-12-24(28)19-21-31(30)33/h1-22,29-30H. The lowest BCUT2D eigenvalue weighted by atomic mass is 9.97. The number of hydrogen-bond donors (Lipinski definition) is 0. The number of hydrazine groups is 2. The molecule has 7 rings (SSSR count). The van der Waals surface area contributed by atoms with E-state index < -0.39 is 0 Å². The maximum atomic E-state index is 2.43.